The third-order valence-corrected chi connectivity index (χ3v) is 3.57. The van der Waals surface area contributed by atoms with E-state index in [1.165, 1.54) is 19.3 Å². The first kappa shape index (κ1) is 21.6. The molecule has 23 heavy (non-hydrogen) atoms. The summed E-state index contributed by atoms with van der Waals surface area (Å²) < 4.78 is 0. The van der Waals surface area contributed by atoms with Crippen molar-refractivity contribution in [3.63, 3.8) is 0 Å². The average molecular weight is 322 g/mol. The number of carboxylic acid groups (broad SMARTS) is 1. The normalized spacial score (nSPS) is 13.5. The molecule has 0 aliphatic carbocycles. The van der Waals surface area contributed by atoms with Crippen molar-refractivity contribution in [2.45, 2.75) is 83.7 Å². The minimum atomic E-state index is -0.726. The standard InChI is InChI=1S/C20H34O3/c1-2-3-4-10-13-16-19(21)17-14-11-8-6-5-7-9-12-15-18-20(22)23/h6-9,13,16,19,21H,2-5,10-12,14-15,17-18H2,1H3,(H,22,23)/b8-6-,9-7-,16-13-/t19-/m1/s1. The summed E-state index contributed by atoms with van der Waals surface area (Å²) in [4.78, 5) is 10.3. The highest BCUT2D eigenvalue weighted by molar-refractivity contribution is 5.66. The Morgan fingerprint density at radius 3 is 2.22 bits per heavy atom. The van der Waals surface area contributed by atoms with Crippen molar-refractivity contribution in [2.75, 3.05) is 0 Å². The van der Waals surface area contributed by atoms with Crippen molar-refractivity contribution >= 4 is 5.97 Å². The van der Waals surface area contributed by atoms with E-state index in [1.54, 1.807) is 0 Å². The molecule has 132 valence electrons. The highest BCUT2D eigenvalue weighted by atomic mass is 16.4. The first-order valence-corrected chi connectivity index (χ1v) is 9.03. The van der Waals surface area contributed by atoms with E-state index >= 15 is 0 Å². The number of hydrogen-bond acceptors (Lipinski definition) is 2. The highest BCUT2D eigenvalue weighted by Crippen LogP contribution is 2.06. The molecule has 0 saturated heterocycles. The van der Waals surface area contributed by atoms with Gasteiger partial charge in [-0.1, -0.05) is 56.2 Å². The average Bonchev–Trinajstić information content (AvgIpc) is 2.52. The second kappa shape index (κ2) is 17.0. The van der Waals surface area contributed by atoms with E-state index in [4.69, 9.17) is 5.11 Å². The van der Waals surface area contributed by atoms with E-state index in [1.807, 2.05) is 12.2 Å². The maximum Gasteiger partial charge on any atom is 0.303 e. The van der Waals surface area contributed by atoms with Gasteiger partial charge in [0.15, 0.2) is 0 Å². The van der Waals surface area contributed by atoms with Gasteiger partial charge < -0.3 is 10.2 Å². The minimum absolute atomic E-state index is 0.246. The van der Waals surface area contributed by atoms with Gasteiger partial charge in [-0.05, 0) is 51.4 Å². The molecule has 0 aromatic carbocycles. The summed E-state index contributed by atoms with van der Waals surface area (Å²) in [5.74, 6) is -0.726. The summed E-state index contributed by atoms with van der Waals surface area (Å²) >= 11 is 0. The third kappa shape index (κ3) is 18.6. The van der Waals surface area contributed by atoms with Crippen LogP contribution in [0.3, 0.4) is 0 Å². The summed E-state index contributed by atoms with van der Waals surface area (Å²) in [5.41, 5.74) is 0. The second-order valence-electron chi connectivity index (χ2n) is 5.89. The SMILES string of the molecule is CCCCC/C=C\[C@@H](O)CCC/C=C\C/C=C\CCCC(=O)O. The molecule has 0 fully saturated rings. The number of aliphatic hydroxyl groups is 1. The zero-order valence-corrected chi connectivity index (χ0v) is 14.6. The fourth-order valence-electron chi connectivity index (χ4n) is 2.18. The topological polar surface area (TPSA) is 57.5 Å². The van der Waals surface area contributed by atoms with Crippen molar-refractivity contribution in [1.82, 2.24) is 0 Å². The summed E-state index contributed by atoms with van der Waals surface area (Å²) in [6.45, 7) is 2.20. The van der Waals surface area contributed by atoms with Crippen LogP contribution in [0.2, 0.25) is 0 Å². The number of carboxylic acids is 1. The Kier molecular flexibility index (Phi) is 16.0. The smallest absolute Gasteiger partial charge is 0.303 e. The molecule has 0 heterocycles. The van der Waals surface area contributed by atoms with Crippen LogP contribution in [0.4, 0.5) is 0 Å². The van der Waals surface area contributed by atoms with Crippen molar-refractivity contribution in [3.05, 3.63) is 36.5 Å². The first-order chi connectivity index (χ1) is 11.2. The molecule has 0 bridgehead atoms. The predicted octanol–water partition coefficient (Wildman–Crippen LogP) is 5.41. The number of carbonyl (C=O) groups is 1. The lowest BCUT2D eigenvalue weighted by molar-refractivity contribution is -0.137. The zero-order valence-electron chi connectivity index (χ0n) is 14.6. The molecule has 0 rings (SSSR count). The lowest BCUT2D eigenvalue weighted by Crippen LogP contribution is -2.00. The second-order valence-corrected chi connectivity index (χ2v) is 5.89. The molecule has 0 aromatic heterocycles. The maximum absolute atomic E-state index is 10.3. The molecule has 0 aliphatic rings. The predicted molar refractivity (Wildman–Crippen MR) is 97.5 cm³/mol. The van der Waals surface area contributed by atoms with E-state index in [-0.39, 0.29) is 12.5 Å². The number of unbranched alkanes of at least 4 members (excludes halogenated alkanes) is 5. The van der Waals surface area contributed by atoms with Crippen molar-refractivity contribution in [1.29, 1.82) is 0 Å². The molecule has 0 radical (unpaired) electrons. The van der Waals surface area contributed by atoms with Gasteiger partial charge in [0.05, 0.1) is 6.10 Å². The van der Waals surface area contributed by atoms with Gasteiger partial charge in [0.25, 0.3) is 0 Å². The number of rotatable bonds is 15. The van der Waals surface area contributed by atoms with Crippen LogP contribution in [0.25, 0.3) is 0 Å². The number of allylic oxidation sites excluding steroid dienone is 5. The van der Waals surface area contributed by atoms with Crippen molar-refractivity contribution in [3.8, 4) is 0 Å². The minimum Gasteiger partial charge on any atom is -0.481 e. The quantitative estimate of drug-likeness (QED) is 0.313. The lowest BCUT2D eigenvalue weighted by Gasteiger charge is -2.03. The number of aliphatic carboxylic acids is 1. The fourth-order valence-corrected chi connectivity index (χ4v) is 2.18. The molecule has 0 spiro atoms. The van der Waals surface area contributed by atoms with Crippen molar-refractivity contribution < 1.29 is 15.0 Å². The Balaban J connectivity index is 3.45. The molecule has 1 atom stereocenters. The number of aliphatic hydroxyl groups excluding tert-OH is 1. The Hall–Kier alpha value is -1.35. The van der Waals surface area contributed by atoms with Crippen LogP contribution < -0.4 is 0 Å². The van der Waals surface area contributed by atoms with E-state index in [0.29, 0.717) is 6.42 Å². The van der Waals surface area contributed by atoms with Crippen LogP contribution >= 0.6 is 0 Å². The number of hydrogen-bond donors (Lipinski definition) is 2. The van der Waals surface area contributed by atoms with Crippen molar-refractivity contribution in [2.24, 2.45) is 0 Å². The highest BCUT2D eigenvalue weighted by Gasteiger charge is 1.97. The molecule has 0 unspecified atom stereocenters. The Morgan fingerprint density at radius 1 is 0.913 bits per heavy atom. The summed E-state index contributed by atoms with van der Waals surface area (Å²) in [6.07, 6.45) is 22.4. The Morgan fingerprint density at radius 2 is 1.57 bits per heavy atom. The van der Waals surface area contributed by atoms with E-state index in [9.17, 15) is 9.90 Å². The summed E-state index contributed by atoms with van der Waals surface area (Å²) in [7, 11) is 0. The van der Waals surface area contributed by atoms with E-state index in [0.717, 1.165) is 38.5 Å². The molecular weight excluding hydrogens is 288 g/mol. The van der Waals surface area contributed by atoms with Gasteiger partial charge in [0, 0.05) is 6.42 Å². The van der Waals surface area contributed by atoms with Gasteiger partial charge in [-0.15, -0.1) is 0 Å². The molecular formula is C20H34O3. The summed E-state index contributed by atoms with van der Waals surface area (Å²) in [5, 5.41) is 18.3. The zero-order chi connectivity index (χ0) is 17.2. The van der Waals surface area contributed by atoms with Gasteiger partial charge in [-0.3, -0.25) is 4.79 Å². The molecule has 3 heteroatoms. The van der Waals surface area contributed by atoms with Crippen LogP contribution in [-0.4, -0.2) is 22.3 Å². The van der Waals surface area contributed by atoms with E-state index < -0.39 is 5.97 Å². The van der Waals surface area contributed by atoms with Crippen LogP contribution in [0, 0.1) is 0 Å². The lowest BCUT2D eigenvalue weighted by atomic mass is 10.1. The molecule has 0 aromatic rings. The third-order valence-electron chi connectivity index (χ3n) is 3.57. The van der Waals surface area contributed by atoms with Crippen LogP contribution in [0.5, 0.6) is 0 Å². The largest absolute Gasteiger partial charge is 0.481 e. The molecule has 0 amide bonds. The molecule has 3 nitrogen and oxygen atoms in total. The Bertz CT molecular complexity index is 356. The summed E-state index contributed by atoms with van der Waals surface area (Å²) in [6, 6.07) is 0. The molecule has 0 saturated carbocycles. The van der Waals surface area contributed by atoms with Crippen LogP contribution in [0.1, 0.15) is 77.6 Å². The molecule has 0 aliphatic heterocycles. The van der Waals surface area contributed by atoms with Gasteiger partial charge in [-0.25, -0.2) is 0 Å². The molecule has 2 N–H and O–H groups in total. The first-order valence-electron chi connectivity index (χ1n) is 9.03. The van der Waals surface area contributed by atoms with Gasteiger partial charge in [0.2, 0.25) is 0 Å². The maximum atomic E-state index is 10.3. The Labute approximate surface area is 141 Å². The van der Waals surface area contributed by atoms with Gasteiger partial charge >= 0.3 is 5.97 Å². The van der Waals surface area contributed by atoms with Gasteiger partial charge in [-0.2, -0.15) is 0 Å². The monoisotopic (exact) mass is 322 g/mol. The van der Waals surface area contributed by atoms with Crippen LogP contribution in [0.15, 0.2) is 36.5 Å². The van der Waals surface area contributed by atoms with E-state index in [2.05, 4.69) is 31.2 Å². The van der Waals surface area contributed by atoms with Crippen LogP contribution in [-0.2, 0) is 4.79 Å². The fraction of sp³-hybridized carbons (Fsp3) is 0.650. The van der Waals surface area contributed by atoms with Gasteiger partial charge in [0.1, 0.15) is 0 Å².